The average Bonchev–Trinajstić information content (AvgIpc) is 2.65. The van der Waals surface area contributed by atoms with Crippen molar-refractivity contribution >= 4 is 33.2 Å². The van der Waals surface area contributed by atoms with Gasteiger partial charge in [-0.25, -0.2) is 8.42 Å². The Morgan fingerprint density at radius 2 is 1.86 bits per heavy atom. The first-order valence-electron chi connectivity index (χ1n) is 8.83. The predicted molar refractivity (Wildman–Crippen MR) is 112 cm³/mol. The molecule has 2 aromatic carbocycles. The van der Waals surface area contributed by atoms with Gasteiger partial charge in [-0.2, -0.15) is 0 Å². The van der Waals surface area contributed by atoms with E-state index in [1.807, 2.05) is 12.1 Å². The van der Waals surface area contributed by atoms with E-state index in [9.17, 15) is 13.2 Å². The van der Waals surface area contributed by atoms with Crippen LogP contribution in [0.15, 0.2) is 42.5 Å². The molecule has 0 saturated carbocycles. The summed E-state index contributed by atoms with van der Waals surface area (Å²) in [5.41, 5.74) is 2.01. The highest BCUT2D eigenvalue weighted by Gasteiger charge is 2.32. The number of nitrogens with one attached hydrogen (secondary N) is 1. The number of methoxy groups -OCH3 is 1. The highest BCUT2D eigenvalue weighted by atomic mass is 35.5. The van der Waals surface area contributed by atoms with Crippen molar-refractivity contribution in [2.75, 3.05) is 17.7 Å². The minimum Gasteiger partial charge on any atom is -0.497 e. The van der Waals surface area contributed by atoms with Crippen molar-refractivity contribution in [3.05, 3.63) is 58.6 Å². The predicted octanol–water partition coefficient (Wildman–Crippen LogP) is 3.52. The molecule has 28 heavy (non-hydrogen) atoms. The number of sulfonamides is 1. The molecule has 2 aromatic rings. The van der Waals surface area contributed by atoms with E-state index in [0.717, 1.165) is 27.4 Å². The van der Waals surface area contributed by atoms with Gasteiger partial charge in [0.1, 0.15) is 11.8 Å². The summed E-state index contributed by atoms with van der Waals surface area (Å²) >= 11 is 6.07. The molecule has 0 aromatic heterocycles. The second-order valence-corrected chi connectivity index (χ2v) is 8.78. The van der Waals surface area contributed by atoms with Gasteiger partial charge in [-0.05, 0) is 48.7 Å². The van der Waals surface area contributed by atoms with Gasteiger partial charge in [0, 0.05) is 11.6 Å². The number of ether oxygens (including phenoxy) is 1. The van der Waals surface area contributed by atoms with Crippen LogP contribution in [-0.4, -0.2) is 33.7 Å². The molecule has 1 N–H and O–H groups in total. The van der Waals surface area contributed by atoms with Gasteiger partial charge < -0.3 is 10.1 Å². The van der Waals surface area contributed by atoms with E-state index in [0.29, 0.717) is 17.1 Å². The summed E-state index contributed by atoms with van der Waals surface area (Å²) in [6.45, 7) is 3.84. The number of aryl methyl sites for hydroxylation is 1. The van der Waals surface area contributed by atoms with E-state index in [2.05, 4.69) is 5.32 Å². The molecule has 1 atom stereocenters. The van der Waals surface area contributed by atoms with Crippen LogP contribution >= 0.6 is 11.6 Å². The number of carbonyl (C=O) groups excluding carboxylic acids is 1. The number of hydrogen-bond acceptors (Lipinski definition) is 4. The van der Waals surface area contributed by atoms with Crippen molar-refractivity contribution in [1.82, 2.24) is 5.32 Å². The molecule has 2 rings (SSSR count). The zero-order chi connectivity index (χ0) is 20.9. The van der Waals surface area contributed by atoms with Crippen molar-refractivity contribution in [1.29, 1.82) is 0 Å². The van der Waals surface area contributed by atoms with Crippen molar-refractivity contribution in [2.45, 2.75) is 32.9 Å². The Balaban J connectivity index is 2.27. The van der Waals surface area contributed by atoms with E-state index in [4.69, 9.17) is 16.3 Å². The number of benzene rings is 2. The summed E-state index contributed by atoms with van der Waals surface area (Å²) in [5, 5.41) is 3.23. The summed E-state index contributed by atoms with van der Waals surface area (Å²) in [7, 11) is -2.12. The number of anilines is 1. The van der Waals surface area contributed by atoms with E-state index in [-0.39, 0.29) is 12.5 Å². The van der Waals surface area contributed by atoms with Gasteiger partial charge in [0.05, 0.1) is 19.1 Å². The Morgan fingerprint density at radius 1 is 1.21 bits per heavy atom. The van der Waals surface area contributed by atoms with Crippen molar-refractivity contribution in [2.24, 2.45) is 0 Å². The van der Waals surface area contributed by atoms with Gasteiger partial charge in [-0.3, -0.25) is 9.10 Å². The maximum Gasteiger partial charge on any atom is 0.244 e. The summed E-state index contributed by atoms with van der Waals surface area (Å²) in [5.74, 6) is 0.351. The fraction of sp³-hybridized carbons (Fsp3) is 0.350. The van der Waals surface area contributed by atoms with Crippen LogP contribution in [0.3, 0.4) is 0 Å². The van der Waals surface area contributed by atoms with Gasteiger partial charge in [-0.15, -0.1) is 0 Å². The summed E-state index contributed by atoms with van der Waals surface area (Å²) < 4.78 is 31.3. The molecule has 0 aliphatic rings. The highest BCUT2D eigenvalue weighted by Crippen LogP contribution is 2.29. The fourth-order valence-corrected chi connectivity index (χ4v) is 4.33. The third-order valence-corrected chi connectivity index (χ3v) is 5.77. The summed E-state index contributed by atoms with van der Waals surface area (Å²) in [6.07, 6.45) is 1.40. The van der Waals surface area contributed by atoms with Crippen LogP contribution in [0.1, 0.15) is 24.5 Å². The van der Waals surface area contributed by atoms with Gasteiger partial charge in [0.15, 0.2) is 0 Å². The molecule has 0 aliphatic carbocycles. The van der Waals surface area contributed by atoms with E-state index >= 15 is 0 Å². The molecular weight excluding hydrogens is 400 g/mol. The second kappa shape index (κ2) is 9.30. The first kappa shape index (κ1) is 22.0. The van der Waals surface area contributed by atoms with E-state index < -0.39 is 16.1 Å². The number of carbonyl (C=O) groups is 1. The molecule has 1 amide bonds. The zero-order valence-corrected chi connectivity index (χ0v) is 18.0. The molecule has 0 aliphatic heterocycles. The number of amides is 1. The number of rotatable bonds is 8. The zero-order valence-electron chi connectivity index (χ0n) is 16.4. The standard InChI is InChI=1S/C20H25ClN2O4S/c1-5-18(20(24)22-13-15-7-10-17(27-3)11-8-15)23(28(4,25)26)19-12-16(21)9-6-14(19)2/h6-12,18H,5,13H2,1-4H3,(H,22,24)/t18-/m1/s1. The molecular formula is C20H25ClN2O4S. The van der Waals surface area contributed by atoms with Crippen LogP contribution in [-0.2, 0) is 21.4 Å². The van der Waals surface area contributed by atoms with Crippen LogP contribution in [0.5, 0.6) is 5.75 Å². The lowest BCUT2D eigenvalue weighted by molar-refractivity contribution is -0.122. The smallest absolute Gasteiger partial charge is 0.244 e. The van der Waals surface area contributed by atoms with Crippen LogP contribution in [0, 0.1) is 6.92 Å². The third kappa shape index (κ3) is 5.39. The monoisotopic (exact) mass is 424 g/mol. The number of hydrogen-bond donors (Lipinski definition) is 1. The summed E-state index contributed by atoms with van der Waals surface area (Å²) in [6, 6.07) is 11.4. The van der Waals surface area contributed by atoms with Gasteiger partial charge >= 0.3 is 0 Å². The third-order valence-electron chi connectivity index (χ3n) is 4.36. The van der Waals surface area contributed by atoms with Gasteiger partial charge in [-0.1, -0.05) is 36.7 Å². The van der Waals surface area contributed by atoms with Crippen LogP contribution in [0.2, 0.25) is 5.02 Å². The van der Waals surface area contributed by atoms with Crippen molar-refractivity contribution in [3.63, 3.8) is 0 Å². The molecule has 6 nitrogen and oxygen atoms in total. The highest BCUT2D eigenvalue weighted by molar-refractivity contribution is 7.92. The molecule has 0 heterocycles. The first-order chi connectivity index (χ1) is 13.2. The second-order valence-electron chi connectivity index (χ2n) is 6.48. The quantitative estimate of drug-likeness (QED) is 0.703. The minimum absolute atomic E-state index is 0.283. The lowest BCUT2D eigenvalue weighted by Crippen LogP contribution is -2.49. The van der Waals surface area contributed by atoms with E-state index in [1.165, 1.54) is 0 Å². The van der Waals surface area contributed by atoms with Crippen LogP contribution in [0.25, 0.3) is 0 Å². The topological polar surface area (TPSA) is 75.7 Å². The Hall–Kier alpha value is -2.25. The van der Waals surface area contributed by atoms with Crippen LogP contribution < -0.4 is 14.4 Å². The maximum atomic E-state index is 12.9. The van der Waals surface area contributed by atoms with Crippen molar-refractivity contribution < 1.29 is 17.9 Å². The van der Waals surface area contributed by atoms with E-state index in [1.54, 1.807) is 51.3 Å². The molecule has 0 radical (unpaired) electrons. The molecule has 8 heteroatoms. The summed E-state index contributed by atoms with van der Waals surface area (Å²) in [4.78, 5) is 12.9. The molecule has 0 fully saturated rings. The Bertz CT molecular complexity index is 930. The molecule has 152 valence electrons. The van der Waals surface area contributed by atoms with Gasteiger partial charge in [0.2, 0.25) is 15.9 Å². The molecule has 0 unspecified atom stereocenters. The molecule has 0 spiro atoms. The Morgan fingerprint density at radius 3 is 2.39 bits per heavy atom. The lowest BCUT2D eigenvalue weighted by Gasteiger charge is -2.31. The van der Waals surface area contributed by atoms with Crippen LogP contribution in [0.4, 0.5) is 5.69 Å². The number of halogens is 1. The largest absolute Gasteiger partial charge is 0.497 e. The SMILES string of the molecule is CC[C@H](C(=O)NCc1ccc(OC)cc1)N(c1cc(Cl)ccc1C)S(C)(=O)=O. The lowest BCUT2D eigenvalue weighted by atomic mass is 10.1. The number of nitrogens with zero attached hydrogens (tertiary/aromatic N) is 1. The molecule has 0 bridgehead atoms. The van der Waals surface area contributed by atoms with Gasteiger partial charge in [0.25, 0.3) is 0 Å². The maximum absolute atomic E-state index is 12.9. The average molecular weight is 425 g/mol. The van der Waals surface area contributed by atoms with Crippen molar-refractivity contribution in [3.8, 4) is 5.75 Å². The minimum atomic E-state index is -3.71. The Kier molecular flexibility index (Phi) is 7.32. The molecule has 0 saturated heterocycles. The normalized spacial score (nSPS) is 12.3. The fourth-order valence-electron chi connectivity index (χ4n) is 2.91. The first-order valence-corrected chi connectivity index (χ1v) is 11.1. The Labute approximate surface area is 171 Å².